The summed E-state index contributed by atoms with van der Waals surface area (Å²) in [4.78, 5) is 0. The highest BCUT2D eigenvalue weighted by atomic mass is 28.3. The number of hydrogen-bond donors (Lipinski definition) is 0. The third-order valence-corrected chi connectivity index (χ3v) is 7.50. The predicted molar refractivity (Wildman–Crippen MR) is 129 cm³/mol. The Morgan fingerprint density at radius 2 is 1.73 bits per heavy atom. The molecule has 0 spiro atoms. The molecule has 2 saturated heterocycles. The molecule has 2 aliphatic heterocycles. The maximum absolute atomic E-state index is 6.44. The van der Waals surface area contributed by atoms with E-state index < -0.39 is 26.3 Å². The van der Waals surface area contributed by atoms with Gasteiger partial charge in [-0.3, -0.25) is 0 Å². The molecule has 8 heteroatoms. The van der Waals surface area contributed by atoms with Crippen molar-refractivity contribution in [3.63, 3.8) is 0 Å². The Kier molecular flexibility index (Phi) is 9.51. The first kappa shape index (κ1) is 26.8. The highest BCUT2D eigenvalue weighted by molar-refractivity contribution is 6.76. The van der Waals surface area contributed by atoms with Crippen molar-refractivity contribution < 1.29 is 33.2 Å². The SMILES string of the molecule is COCC(C)OC[C@H]1O[C@@H](OCC[Si](C)(C)C)[C@H](OCc2ccccc2)[C@H]2OC(C)(C)O[C@H]21. The summed E-state index contributed by atoms with van der Waals surface area (Å²) in [6.45, 7) is 14.8. The molecule has 0 aliphatic carbocycles. The molecule has 7 nitrogen and oxygen atoms in total. The fraction of sp³-hybridized carbons (Fsp3) is 0.760. The van der Waals surface area contributed by atoms with E-state index in [2.05, 4.69) is 19.6 Å². The highest BCUT2D eigenvalue weighted by Crippen LogP contribution is 2.39. The monoisotopic (exact) mass is 482 g/mol. The fourth-order valence-corrected chi connectivity index (χ4v) is 4.80. The van der Waals surface area contributed by atoms with Crippen molar-refractivity contribution in [1.29, 1.82) is 0 Å². The van der Waals surface area contributed by atoms with Crippen LogP contribution in [0, 0.1) is 0 Å². The van der Waals surface area contributed by atoms with Gasteiger partial charge in [0.2, 0.25) is 0 Å². The molecule has 0 radical (unpaired) electrons. The van der Waals surface area contributed by atoms with E-state index in [1.807, 2.05) is 51.1 Å². The average molecular weight is 483 g/mol. The third-order valence-electron chi connectivity index (χ3n) is 5.80. The van der Waals surface area contributed by atoms with Crippen LogP contribution in [0.1, 0.15) is 26.3 Å². The van der Waals surface area contributed by atoms with Gasteiger partial charge in [0.25, 0.3) is 0 Å². The van der Waals surface area contributed by atoms with Gasteiger partial charge in [0, 0.05) is 21.8 Å². The molecule has 1 aromatic carbocycles. The van der Waals surface area contributed by atoms with Crippen LogP contribution in [0.2, 0.25) is 25.7 Å². The summed E-state index contributed by atoms with van der Waals surface area (Å²) in [6.07, 6.45) is -1.98. The largest absolute Gasteiger partial charge is 0.382 e. The molecule has 0 saturated carbocycles. The molecule has 33 heavy (non-hydrogen) atoms. The summed E-state index contributed by atoms with van der Waals surface area (Å²) >= 11 is 0. The zero-order valence-corrected chi connectivity index (χ0v) is 22.2. The minimum Gasteiger partial charge on any atom is -0.382 e. The second kappa shape index (κ2) is 11.7. The Labute approximate surface area is 200 Å². The lowest BCUT2D eigenvalue weighted by Crippen LogP contribution is -2.59. The molecule has 0 N–H and O–H groups in total. The zero-order valence-electron chi connectivity index (χ0n) is 21.2. The molecular weight excluding hydrogens is 440 g/mol. The first-order valence-corrected chi connectivity index (χ1v) is 15.7. The number of methoxy groups -OCH3 is 1. The van der Waals surface area contributed by atoms with Gasteiger partial charge in [-0.2, -0.15) is 0 Å². The van der Waals surface area contributed by atoms with Crippen molar-refractivity contribution in [3.8, 4) is 0 Å². The van der Waals surface area contributed by atoms with Gasteiger partial charge >= 0.3 is 0 Å². The quantitative estimate of drug-likeness (QED) is 0.413. The van der Waals surface area contributed by atoms with Crippen molar-refractivity contribution >= 4 is 8.07 Å². The molecule has 1 unspecified atom stereocenters. The van der Waals surface area contributed by atoms with Crippen molar-refractivity contribution in [3.05, 3.63) is 35.9 Å². The van der Waals surface area contributed by atoms with E-state index in [0.717, 1.165) is 11.6 Å². The maximum atomic E-state index is 6.44. The minimum absolute atomic E-state index is 0.0503. The van der Waals surface area contributed by atoms with Gasteiger partial charge in [-0.15, -0.1) is 0 Å². The molecule has 1 aromatic rings. The minimum atomic E-state index is -1.26. The van der Waals surface area contributed by atoms with Crippen LogP contribution in [-0.4, -0.2) is 77.6 Å². The summed E-state index contributed by atoms with van der Waals surface area (Å²) < 4.78 is 42.9. The van der Waals surface area contributed by atoms with E-state index in [1.165, 1.54) is 0 Å². The Morgan fingerprint density at radius 3 is 2.39 bits per heavy atom. The van der Waals surface area contributed by atoms with E-state index >= 15 is 0 Å². The lowest BCUT2D eigenvalue weighted by molar-refractivity contribution is -0.295. The van der Waals surface area contributed by atoms with Crippen LogP contribution in [0.4, 0.5) is 0 Å². The van der Waals surface area contributed by atoms with E-state index in [1.54, 1.807) is 7.11 Å². The second-order valence-electron chi connectivity index (χ2n) is 10.6. The smallest absolute Gasteiger partial charge is 0.186 e. The van der Waals surface area contributed by atoms with Crippen LogP contribution in [0.25, 0.3) is 0 Å². The van der Waals surface area contributed by atoms with Gasteiger partial charge in [0.05, 0.1) is 25.9 Å². The summed E-state index contributed by atoms with van der Waals surface area (Å²) in [6, 6.07) is 11.2. The molecule has 6 atom stereocenters. The molecule has 188 valence electrons. The van der Waals surface area contributed by atoms with Gasteiger partial charge in [0.15, 0.2) is 12.1 Å². The summed E-state index contributed by atoms with van der Waals surface area (Å²) in [7, 11) is 0.411. The molecular formula is C25H42O7Si. The van der Waals surface area contributed by atoms with Crippen LogP contribution in [0.15, 0.2) is 30.3 Å². The molecule has 2 fully saturated rings. The normalized spacial score (nSPS) is 30.2. The van der Waals surface area contributed by atoms with Crippen LogP contribution >= 0.6 is 0 Å². The highest BCUT2D eigenvalue weighted by Gasteiger charge is 2.56. The van der Waals surface area contributed by atoms with Crippen molar-refractivity contribution in [2.75, 3.05) is 26.9 Å². The van der Waals surface area contributed by atoms with Crippen LogP contribution in [0.5, 0.6) is 0 Å². The Morgan fingerprint density at radius 1 is 1.03 bits per heavy atom. The molecule has 2 aliphatic rings. The number of fused-ring (bicyclic) bond motifs is 1. The first-order valence-electron chi connectivity index (χ1n) is 12.0. The van der Waals surface area contributed by atoms with Crippen molar-refractivity contribution in [1.82, 2.24) is 0 Å². The molecule has 0 aromatic heterocycles. The molecule has 0 bridgehead atoms. The predicted octanol–water partition coefficient (Wildman–Crippen LogP) is 4.22. The summed E-state index contributed by atoms with van der Waals surface area (Å²) in [5.74, 6) is -0.739. The number of rotatable bonds is 12. The molecule has 3 rings (SSSR count). The molecule has 0 amide bonds. The van der Waals surface area contributed by atoms with Crippen molar-refractivity contribution in [2.45, 2.75) is 95.7 Å². The van der Waals surface area contributed by atoms with E-state index in [-0.39, 0.29) is 24.4 Å². The van der Waals surface area contributed by atoms with Crippen LogP contribution in [-0.2, 0) is 39.8 Å². The lowest BCUT2D eigenvalue weighted by atomic mass is 9.99. The number of benzene rings is 1. The fourth-order valence-electron chi connectivity index (χ4n) is 4.07. The lowest BCUT2D eigenvalue weighted by Gasteiger charge is -2.42. The van der Waals surface area contributed by atoms with Gasteiger partial charge in [-0.05, 0) is 32.4 Å². The topological polar surface area (TPSA) is 64.6 Å². The van der Waals surface area contributed by atoms with Crippen LogP contribution < -0.4 is 0 Å². The number of hydrogen-bond acceptors (Lipinski definition) is 7. The number of ether oxygens (including phenoxy) is 7. The standard InChI is InChI=1S/C25H42O7Si/c1-18(15-26-4)28-17-20-21-22(32-25(2,3)31-21)23(29-16-19-11-9-8-10-12-19)24(30-20)27-13-14-33(5,6)7/h8-12,18,20-24H,13-17H2,1-7H3/t18?,20-,21+,22+,23-,24-/m1/s1. The third kappa shape index (κ3) is 8.11. The average Bonchev–Trinajstić information content (AvgIpc) is 3.06. The Balaban J connectivity index is 1.75. The van der Waals surface area contributed by atoms with Gasteiger partial charge < -0.3 is 33.2 Å². The second-order valence-corrected chi connectivity index (χ2v) is 16.3. The van der Waals surface area contributed by atoms with E-state index in [0.29, 0.717) is 26.4 Å². The Bertz CT molecular complexity index is 708. The zero-order chi connectivity index (χ0) is 24.1. The van der Waals surface area contributed by atoms with Crippen LogP contribution in [0.3, 0.4) is 0 Å². The maximum Gasteiger partial charge on any atom is 0.186 e. The Hall–Kier alpha value is -0.843. The first-order chi connectivity index (χ1) is 15.6. The van der Waals surface area contributed by atoms with Gasteiger partial charge in [-0.25, -0.2) is 0 Å². The van der Waals surface area contributed by atoms with Gasteiger partial charge in [0.1, 0.15) is 24.4 Å². The summed E-state index contributed by atoms with van der Waals surface area (Å²) in [5.41, 5.74) is 1.09. The van der Waals surface area contributed by atoms with E-state index in [4.69, 9.17) is 33.2 Å². The summed E-state index contributed by atoms with van der Waals surface area (Å²) in [5, 5.41) is 0. The molecule has 2 heterocycles. The van der Waals surface area contributed by atoms with E-state index in [9.17, 15) is 0 Å². The van der Waals surface area contributed by atoms with Gasteiger partial charge in [-0.1, -0.05) is 50.0 Å². The van der Waals surface area contributed by atoms with Crippen molar-refractivity contribution in [2.24, 2.45) is 0 Å².